The Labute approximate surface area is 138 Å². The van der Waals surface area contributed by atoms with Crippen LogP contribution in [0.4, 0.5) is 0 Å². The first-order valence-corrected chi connectivity index (χ1v) is 8.06. The van der Waals surface area contributed by atoms with Crippen LogP contribution < -0.4 is 0 Å². The van der Waals surface area contributed by atoms with Gasteiger partial charge in [0.05, 0.1) is 12.2 Å². The standard InChI is InChI=1S/C16H18N6O2/c1-11-12(9-19-23-11)10-22-8-3-2-5-13(22)16-20-15(21-24-16)14-17-6-4-7-18-14/h4,6-7,9,13H,2-3,5,8,10H2,1H3. The highest BCUT2D eigenvalue weighted by molar-refractivity contribution is 5.40. The SMILES string of the molecule is Cc1oncc1CN1CCCCC1c1nc(-c2ncccn2)no1. The van der Waals surface area contributed by atoms with E-state index in [2.05, 4.69) is 30.2 Å². The van der Waals surface area contributed by atoms with E-state index in [-0.39, 0.29) is 6.04 Å². The lowest BCUT2D eigenvalue weighted by molar-refractivity contribution is 0.111. The maximum Gasteiger partial charge on any atom is 0.244 e. The van der Waals surface area contributed by atoms with Crippen LogP contribution in [0.25, 0.3) is 11.6 Å². The molecule has 0 saturated carbocycles. The van der Waals surface area contributed by atoms with Crippen LogP contribution in [0, 0.1) is 6.92 Å². The maximum absolute atomic E-state index is 5.52. The zero-order valence-corrected chi connectivity index (χ0v) is 13.4. The molecular formula is C16H18N6O2. The van der Waals surface area contributed by atoms with Gasteiger partial charge in [0.15, 0.2) is 0 Å². The van der Waals surface area contributed by atoms with Crippen LogP contribution in [0.5, 0.6) is 0 Å². The fourth-order valence-electron chi connectivity index (χ4n) is 3.03. The molecule has 0 spiro atoms. The molecule has 0 amide bonds. The van der Waals surface area contributed by atoms with Crippen LogP contribution in [0.2, 0.25) is 0 Å². The van der Waals surface area contributed by atoms with Crippen LogP contribution in [0.3, 0.4) is 0 Å². The first kappa shape index (κ1) is 14.9. The summed E-state index contributed by atoms with van der Waals surface area (Å²) in [4.78, 5) is 15.2. The van der Waals surface area contributed by atoms with Crippen LogP contribution >= 0.6 is 0 Å². The Bertz CT molecular complexity index is 800. The summed E-state index contributed by atoms with van der Waals surface area (Å²) in [5, 5.41) is 7.90. The zero-order valence-electron chi connectivity index (χ0n) is 13.4. The van der Waals surface area contributed by atoms with E-state index in [0.717, 1.165) is 43.7 Å². The van der Waals surface area contributed by atoms with Gasteiger partial charge in [0.1, 0.15) is 5.76 Å². The van der Waals surface area contributed by atoms with E-state index in [1.807, 2.05) is 6.92 Å². The fraction of sp³-hybridized carbons (Fsp3) is 0.438. The van der Waals surface area contributed by atoms with Crippen molar-refractivity contribution in [3.8, 4) is 11.6 Å². The number of likely N-dealkylation sites (tertiary alicyclic amines) is 1. The first-order chi connectivity index (χ1) is 11.8. The molecule has 3 aromatic rings. The van der Waals surface area contributed by atoms with Gasteiger partial charge in [-0.05, 0) is 32.4 Å². The lowest BCUT2D eigenvalue weighted by Gasteiger charge is -2.32. The predicted octanol–water partition coefficient (Wildman–Crippen LogP) is 2.55. The Balaban J connectivity index is 1.57. The molecule has 4 heterocycles. The molecule has 1 fully saturated rings. The molecule has 4 rings (SSSR count). The van der Waals surface area contributed by atoms with Crippen molar-refractivity contribution in [1.82, 2.24) is 30.2 Å². The van der Waals surface area contributed by atoms with E-state index in [1.165, 1.54) is 0 Å². The molecule has 3 aromatic heterocycles. The van der Waals surface area contributed by atoms with E-state index < -0.39 is 0 Å². The molecule has 1 unspecified atom stereocenters. The van der Waals surface area contributed by atoms with E-state index in [1.54, 1.807) is 24.7 Å². The van der Waals surface area contributed by atoms with Crippen LogP contribution in [-0.4, -0.2) is 36.7 Å². The average Bonchev–Trinajstić information content (AvgIpc) is 3.26. The predicted molar refractivity (Wildman–Crippen MR) is 83.6 cm³/mol. The number of aryl methyl sites for hydroxylation is 1. The van der Waals surface area contributed by atoms with Crippen molar-refractivity contribution in [2.45, 2.75) is 38.8 Å². The summed E-state index contributed by atoms with van der Waals surface area (Å²) in [6.07, 6.45) is 8.40. The van der Waals surface area contributed by atoms with Gasteiger partial charge in [0, 0.05) is 24.5 Å². The largest absolute Gasteiger partial charge is 0.361 e. The van der Waals surface area contributed by atoms with Crippen molar-refractivity contribution in [2.24, 2.45) is 0 Å². The summed E-state index contributed by atoms with van der Waals surface area (Å²) in [6, 6.07) is 1.85. The third-order valence-electron chi connectivity index (χ3n) is 4.33. The minimum atomic E-state index is 0.0954. The normalized spacial score (nSPS) is 18.8. The molecule has 24 heavy (non-hydrogen) atoms. The molecule has 0 N–H and O–H groups in total. The third kappa shape index (κ3) is 2.92. The second-order valence-electron chi connectivity index (χ2n) is 5.92. The monoisotopic (exact) mass is 326 g/mol. The summed E-state index contributed by atoms with van der Waals surface area (Å²) in [7, 11) is 0. The van der Waals surface area contributed by atoms with E-state index in [4.69, 9.17) is 9.05 Å². The number of rotatable bonds is 4. The summed E-state index contributed by atoms with van der Waals surface area (Å²) >= 11 is 0. The number of hydrogen-bond acceptors (Lipinski definition) is 8. The molecule has 0 aliphatic carbocycles. The van der Waals surface area contributed by atoms with E-state index in [9.17, 15) is 0 Å². The van der Waals surface area contributed by atoms with Gasteiger partial charge in [-0.25, -0.2) is 9.97 Å². The molecule has 1 atom stereocenters. The second kappa shape index (κ2) is 6.48. The average molecular weight is 326 g/mol. The number of hydrogen-bond donors (Lipinski definition) is 0. The van der Waals surface area contributed by atoms with Gasteiger partial charge in [0.25, 0.3) is 0 Å². The molecule has 8 nitrogen and oxygen atoms in total. The molecule has 8 heteroatoms. The zero-order chi connectivity index (χ0) is 16.4. The van der Waals surface area contributed by atoms with Crippen molar-refractivity contribution in [1.29, 1.82) is 0 Å². The van der Waals surface area contributed by atoms with Gasteiger partial charge in [-0.2, -0.15) is 4.98 Å². The number of aromatic nitrogens is 5. The molecule has 0 bridgehead atoms. The van der Waals surface area contributed by atoms with E-state index in [0.29, 0.717) is 17.5 Å². The van der Waals surface area contributed by atoms with Crippen molar-refractivity contribution < 1.29 is 9.05 Å². The van der Waals surface area contributed by atoms with Gasteiger partial charge in [-0.15, -0.1) is 0 Å². The van der Waals surface area contributed by atoms with Crippen LogP contribution in [-0.2, 0) is 6.54 Å². The molecule has 124 valence electrons. The molecule has 0 aromatic carbocycles. The first-order valence-electron chi connectivity index (χ1n) is 8.06. The Morgan fingerprint density at radius 2 is 2.04 bits per heavy atom. The summed E-state index contributed by atoms with van der Waals surface area (Å²) < 4.78 is 10.7. The van der Waals surface area contributed by atoms with Gasteiger partial charge >= 0.3 is 0 Å². The summed E-state index contributed by atoms with van der Waals surface area (Å²) in [5.74, 6) is 2.37. The van der Waals surface area contributed by atoms with E-state index >= 15 is 0 Å². The Morgan fingerprint density at radius 3 is 2.83 bits per heavy atom. The third-order valence-corrected chi connectivity index (χ3v) is 4.33. The maximum atomic E-state index is 5.52. The highest BCUT2D eigenvalue weighted by Gasteiger charge is 2.30. The smallest absolute Gasteiger partial charge is 0.244 e. The fourth-order valence-corrected chi connectivity index (χ4v) is 3.03. The van der Waals surface area contributed by atoms with Crippen molar-refractivity contribution in [3.63, 3.8) is 0 Å². The molecule has 0 radical (unpaired) electrons. The number of piperidine rings is 1. The topological polar surface area (TPSA) is 94.0 Å². The molecule has 1 aliphatic rings. The minimum Gasteiger partial charge on any atom is -0.361 e. The highest BCUT2D eigenvalue weighted by Crippen LogP contribution is 2.32. The van der Waals surface area contributed by atoms with Gasteiger partial charge in [-0.3, -0.25) is 4.90 Å². The van der Waals surface area contributed by atoms with Gasteiger partial charge in [0.2, 0.25) is 17.5 Å². The Morgan fingerprint density at radius 1 is 1.17 bits per heavy atom. The van der Waals surface area contributed by atoms with Crippen molar-refractivity contribution >= 4 is 0 Å². The molecule has 1 saturated heterocycles. The highest BCUT2D eigenvalue weighted by atomic mass is 16.5. The number of nitrogens with zero attached hydrogens (tertiary/aromatic N) is 6. The molecular weight excluding hydrogens is 308 g/mol. The van der Waals surface area contributed by atoms with Gasteiger partial charge in [-0.1, -0.05) is 16.7 Å². The van der Waals surface area contributed by atoms with Crippen molar-refractivity contribution in [2.75, 3.05) is 6.54 Å². The van der Waals surface area contributed by atoms with Crippen LogP contribution in [0.1, 0.15) is 42.5 Å². The van der Waals surface area contributed by atoms with Crippen LogP contribution in [0.15, 0.2) is 33.7 Å². The summed E-state index contributed by atoms with van der Waals surface area (Å²) in [6.45, 7) is 3.67. The quantitative estimate of drug-likeness (QED) is 0.722. The second-order valence-corrected chi connectivity index (χ2v) is 5.92. The minimum absolute atomic E-state index is 0.0954. The lowest BCUT2D eigenvalue weighted by Crippen LogP contribution is -2.33. The molecule has 1 aliphatic heterocycles. The van der Waals surface area contributed by atoms with Crippen molar-refractivity contribution in [3.05, 3.63) is 41.9 Å². The Kier molecular flexibility index (Phi) is 4.04. The Hall–Kier alpha value is -2.61. The lowest BCUT2D eigenvalue weighted by atomic mass is 10.0. The summed E-state index contributed by atoms with van der Waals surface area (Å²) in [5.41, 5.74) is 1.09. The van der Waals surface area contributed by atoms with Gasteiger partial charge < -0.3 is 9.05 Å².